The zero-order chi connectivity index (χ0) is 23.8. The Balaban J connectivity index is 1.47. The molecule has 1 N–H and O–H groups in total. The Morgan fingerprint density at radius 1 is 0.824 bits per heavy atom. The Labute approximate surface area is 201 Å². The average Bonchev–Trinajstić information content (AvgIpc) is 2.87. The molecule has 0 aromatic heterocycles. The number of carbonyl (C=O) groups excluding carboxylic acids is 1. The summed E-state index contributed by atoms with van der Waals surface area (Å²) in [7, 11) is 0. The number of amides is 1. The summed E-state index contributed by atoms with van der Waals surface area (Å²) in [6.07, 6.45) is 3.40. The molecule has 0 aliphatic carbocycles. The van der Waals surface area contributed by atoms with Gasteiger partial charge in [-0.1, -0.05) is 55.8 Å². The van der Waals surface area contributed by atoms with Gasteiger partial charge in [-0.25, -0.2) is 0 Å². The number of hydrogen-bond acceptors (Lipinski definition) is 3. The molecule has 34 heavy (non-hydrogen) atoms. The molecule has 1 amide bonds. The van der Waals surface area contributed by atoms with E-state index in [9.17, 15) is 4.79 Å². The van der Waals surface area contributed by atoms with Crippen LogP contribution in [0.4, 0.5) is 5.69 Å². The van der Waals surface area contributed by atoms with Gasteiger partial charge >= 0.3 is 0 Å². The highest BCUT2D eigenvalue weighted by Crippen LogP contribution is 2.25. The van der Waals surface area contributed by atoms with E-state index < -0.39 is 0 Å². The molecule has 0 aliphatic rings. The minimum absolute atomic E-state index is 0.156. The monoisotopic (exact) mass is 453 g/mol. The molecule has 4 nitrogen and oxygen atoms in total. The average molecular weight is 454 g/mol. The second-order valence-corrected chi connectivity index (χ2v) is 8.31. The van der Waals surface area contributed by atoms with E-state index in [1.165, 1.54) is 23.8 Å². The van der Waals surface area contributed by atoms with E-state index >= 15 is 0 Å². The number of aryl methyl sites for hydroxylation is 1. The predicted molar refractivity (Wildman–Crippen MR) is 139 cm³/mol. The van der Waals surface area contributed by atoms with Gasteiger partial charge in [0.2, 0.25) is 0 Å². The molecule has 0 spiro atoms. The van der Waals surface area contributed by atoms with Crippen molar-refractivity contribution in [3.8, 4) is 11.5 Å². The Bertz CT molecular complexity index is 1250. The lowest BCUT2D eigenvalue weighted by Gasteiger charge is -2.14. The molecule has 4 heteroatoms. The summed E-state index contributed by atoms with van der Waals surface area (Å²) < 4.78 is 11.9. The Morgan fingerprint density at radius 3 is 2.38 bits per heavy atom. The number of rotatable bonds is 10. The summed E-state index contributed by atoms with van der Waals surface area (Å²) in [5, 5.41) is 5.29. The first-order valence-corrected chi connectivity index (χ1v) is 11.9. The number of unbranched alkanes of at least 4 members (excludes halogenated alkanes) is 1. The maximum Gasteiger partial charge on any atom is 0.255 e. The molecule has 0 bridgehead atoms. The van der Waals surface area contributed by atoms with Crippen LogP contribution in [0, 0.1) is 0 Å². The third kappa shape index (κ3) is 5.96. The van der Waals surface area contributed by atoms with Gasteiger partial charge in [-0.05, 0) is 78.6 Å². The maximum atomic E-state index is 12.9. The van der Waals surface area contributed by atoms with Crippen LogP contribution in [0.15, 0.2) is 84.9 Å². The number of nitrogens with one attached hydrogen (secondary N) is 1. The van der Waals surface area contributed by atoms with Crippen LogP contribution in [0.3, 0.4) is 0 Å². The third-order valence-corrected chi connectivity index (χ3v) is 5.77. The van der Waals surface area contributed by atoms with Gasteiger partial charge in [0.15, 0.2) is 0 Å². The second kappa shape index (κ2) is 11.4. The smallest absolute Gasteiger partial charge is 0.255 e. The molecule has 4 aromatic rings. The second-order valence-electron chi connectivity index (χ2n) is 8.31. The van der Waals surface area contributed by atoms with Gasteiger partial charge < -0.3 is 14.8 Å². The Hall–Kier alpha value is -3.79. The largest absolute Gasteiger partial charge is 0.493 e. The van der Waals surface area contributed by atoms with E-state index in [0.717, 1.165) is 34.6 Å². The van der Waals surface area contributed by atoms with Gasteiger partial charge in [0, 0.05) is 16.8 Å². The van der Waals surface area contributed by atoms with Crippen molar-refractivity contribution in [1.82, 2.24) is 0 Å². The van der Waals surface area contributed by atoms with Gasteiger partial charge in [-0.2, -0.15) is 0 Å². The van der Waals surface area contributed by atoms with Crippen LogP contribution in [0.25, 0.3) is 10.8 Å². The summed E-state index contributed by atoms with van der Waals surface area (Å²) in [6.45, 7) is 4.98. The van der Waals surface area contributed by atoms with Crippen molar-refractivity contribution < 1.29 is 14.3 Å². The van der Waals surface area contributed by atoms with E-state index in [4.69, 9.17) is 9.47 Å². The zero-order valence-corrected chi connectivity index (χ0v) is 19.8. The lowest BCUT2D eigenvalue weighted by Crippen LogP contribution is -2.13. The van der Waals surface area contributed by atoms with Crippen LogP contribution in [0.5, 0.6) is 11.5 Å². The first-order valence-electron chi connectivity index (χ1n) is 11.9. The van der Waals surface area contributed by atoms with Gasteiger partial charge in [0.05, 0.1) is 6.61 Å². The van der Waals surface area contributed by atoms with Crippen LogP contribution >= 0.6 is 0 Å². The highest BCUT2D eigenvalue weighted by molar-refractivity contribution is 6.04. The van der Waals surface area contributed by atoms with Crippen molar-refractivity contribution in [3.63, 3.8) is 0 Å². The first-order chi connectivity index (χ1) is 16.7. The zero-order valence-electron chi connectivity index (χ0n) is 19.8. The molecule has 0 atom stereocenters. The highest BCUT2D eigenvalue weighted by Gasteiger charge is 2.12. The molecular weight excluding hydrogens is 422 g/mol. The highest BCUT2D eigenvalue weighted by atomic mass is 16.5. The number of ether oxygens (including phenoxy) is 2. The summed E-state index contributed by atoms with van der Waals surface area (Å²) in [4.78, 5) is 12.9. The van der Waals surface area contributed by atoms with Crippen molar-refractivity contribution in [2.24, 2.45) is 0 Å². The molecule has 0 aliphatic heterocycles. The fraction of sp³-hybridized carbons (Fsp3) is 0.233. The van der Waals surface area contributed by atoms with Crippen molar-refractivity contribution in [1.29, 1.82) is 0 Å². The molecule has 0 fully saturated rings. The van der Waals surface area contributed by atoms with Gasteiger partial charge in [-0.3, -0.25) is 4.79 Å². The van der Waals surface area contributed by atoms with E-state index in [0.29, 0.717) is 18.8 Å². The van der Waals surface area contributed by atoms with Crippen molar-refractivity contribution in [2.45, 2.75) is 39.7 Å². The van der Waals surface area contributed by atoms with E-state index in [1.807, 2.05) is 61.5 Å². The third-order valence-electron chi connectivity index (χ3n) is 5.77. The fourth-order valence-corrected chi connectivity index (χ4v) is 3.89. The van der Waals surface area contributed by atoms with Crippen molar-refractivity contribution >= 4 is 22.4 Å². The van der Waals surface area contributed by atoms with Crippen LogP contribution < -0.4 is 14.8 Å². The van der Waals surface area contributed by atoms with Crippen LogP contribution in [0.2, 0.25) is 0 Å². The van der Waals surface area contributed by atoms with Gasteiger partial charge in [0.1, 0.15) is 18.1 Å². The Morgan fingerprint density at radius 2 is 1.62 bits per heavy atom. The summed E-state index contributed by atoms with van der Waals surface area (Å²) in [6, 6.07) is 27.8. The van der Waals surface area contributed by atoms with Crippen LogP contribution in [-0.4, -0.2) is 12.5 Å². The molecule has 4 rings (SSSR count). The maximum absolute atomic E-state index is 12.9. The normalized spacial score (nSPS) is 10.8. The number of anilines is 1. The quantitative estimate of drug-likeness (QED) is 0.272. The molecule has 0 unspecified atom stereocenters. The van der Waals surface area contributed by atoms with E-state index in [2.05, 4.69) is 36.5 Å². The lowest BCUT2D eigenvalue weighted by atomic mass is 10.1. The predicted octanol–water partition coefficient (Wildman–Crippen LogP) is 7.41. The lowest BCUT2D eigenvalue weighted by molar-refractivity contribution is 0.102. The Kier molecular flexibility index (Phi) is 7.82. The van der Waals surface area contributed by atoms with E-state index in [1.54, 1.807) is 6.07 Å². The van der Waals surface area contributed by atoms with Crippen LogP contribution in [0.1, 0.15) is 48.2 Å². The SMILES string of the molecule is CCCCc1ccc(NC(=O)c2ccc(OCC)c(COc3ccc4ccccc4c3)c2)cc1. The number of benzene rings is 4. The summed E-state index contributed by atoms with van der Waals surface area (Å²) in [5.74, 6) is 1.34. The van der Waals surface area contributed by atoms with Crippen molar-refractivity contribution in [2.75, 3.05) is 11.9 Å². The topological polar surface area (TPSA) is 47.6 Å². The first kappa shape index (κ1) is 23.4. The standard InChI is InChI=1S/C30H31NO3/c1-3-5-8-22-11-15-27(16-12-22)31-30(32)25-14-18-29(33-4-2)26(19-25)21-34-28-17-13-23-9-6-7-10-24(23)20-28/h6-7,9-20H,3-5,8,21H2,1-2H3,(H,31,32). The number of fused-ring (bicyclic) bond motifs is 1. The summed E-state index contributed by atoms with van der Waals surface area (Å²) in [5.41, 5.74) is 3.47. The minimum Gasteiger partial charge on any atom is -0.493 e. The molecule has 0 saturated heterocycles. The molecule has 4 aromatic carbocycles. The molecule has 0 radical (unpaired) electrons. The number of carbonyl (C=O) groups is 1. The van der Waals surface area contributed by atoms with Gasteiger partial charge in [0.25, 0.3) is 5.91 Å². The van der Waals surface area contributed by atoms with Gasteiger partial charge in [-0.15, -0.1) is 0 Å². The minimum atomic E-state index is -0.156. The fourth-order valence-electron chi connectivity index (χ4n) is 3.89. The molecule has 0 saturated carbocycles. The summed E-state index contributed by atoms with van der Waals surface area (Å²) >= 11 is 0. The van der Waals surface area contributed by atoms with E-state index in [-0.39, 0.29) is 5.91 Å². The van der Waals surface area contributed by atoms with Crippen molar-refractivity contribution in [3.05, 3.63) is 102 Å². The molecule has 0 heterocycles. The number of hydrogen-bond donors (Lipinski definition) is 1. The molecular formula is C30H31NO3. The molecule has 174 valence electrons. The van der Waals surface area contributed by atoms with Crippen LogP contribution in [-0.2, 0) is 13.0 Å².